The highest BCUT2D eigenvalue weighted by molar-refractivity contribution is 4.86. The van der Waals surface area contributed by atoms with Crippen molar-refractivity contribution in [1.82, 2.24) is 4.90 Å². The molecule has 0 amide bonds. The Balaban J connectivity index is 1.78. The number of nitrogens with zero attached hydrogens (tertiary/aromatic N) is 1. The molecule has 2 aliphatic heterocycles. The second kappa shape index (κ2) is 2.49. The highest BCUT2D eigenvalue weighted by atomic mass is 16.5. The monoisotopic (exact) mass is 143 g/mol. The van der Waals surface area contributed by atoms with Gasteiger partial charge in [0.15, 0.2) is 0 Å². The second-order valence-electron chi connectivity index (χ2n) is 3.13. The summed E-state index contributed by atoms with van der Waals surface area (Å²) in [4.78, 5) is 2.29. The smallest absolute Gasteiger partial charge is 0.0794 e. The first-order valence-corrected chi connectivity index (χ1v) is 3.86. The lowest BCUT2D eigenvalue weighted by Gasteiger charge is -2.39. The molecule has 2 heterocycles. The van der Waals surface area contributed by atoms with Crippen LogP contribution in [0.1, 0.15) is 6.42 Å². The Morgan fingerprint density at radius 2 is 2.20 bits per heavy atom. The third kappa shape index (κ3) is 1.05. The number of ether oxygens (including phenoxy) is 1. The summed E-state index contributed by atoms with van der Waals surface area (Å²) in [5, 5.41) is 9.00. The maximum atomic E-state index is 9.00. The number of aliphatic hydroxyl groups excluding tert-OH is 1. The number of hydrogen-bond donors (Lipinski definition) is 1. The number of aliphatic hydroxyl groups is 1. The van der Waals surface area contributed by atoms with E-state index in [4.69, 9.17) is 9.84 Å². The SMILES string of the molecule is OC1CN(C2CCOC2)C1. The fourth-order valence-corrected chi connectivity index (χ4v) is 1.60. The number of likely N-dealkylation sites (tertiary alicyclic amines) is 1. The molecule has 2 rings (SSSR count). The Morgan fingerprint density at radius 3 is 2.70 bits per heavy atom. The molecule has 0 saturated carbocycles. The summed E-state index contributed by atoms with van der Waals surface area (Å²) >= 11 is 0. The summed E-state index contributed by atoms with van der Waals surface area (Å²) in [7, 11) is 0. The minimum absolute atomic E-state index is 0.0689. The lowest BCUT2D eigenvalue weighted by molar-refractivity contribution is -0.0261. The molecule has 1 N–H and O–H groups in total. The number of rotatable bonds is 1. The van der Waals surface area contributed by atoms with Gasteiger partial charge in [-0.05, 0) is 6.42 Å². The van der Waals surface area contributed by atoms with Crippen molar-refractivity contribution >= 4 is 0 Å². The summed E-state index contributed by atoms with van der Waals surface area (Å²) in [6, 6.07) is 0.600. The van der Waals surface area contributed by atoms with Crippen LogP contribution in [0.5, 0.6) is 0 Å². The van der Waals surface area contributed by atoms with E-state index in [9.17, 15) is 0 Å². The fourth-order valence-electron chi connectivity index (χ4n) is 1.60. The van der Waals surface area contributed by atoms with Crippen molar-refractivity contribution in [1.29, 1.82) is 0 Å². The Kier molecular flexibility index (Phi) is 1.64. The van der Waals surface area contributed by atoms with Crippen LogP contribution in [-0.4, -0.2) is 48.5 Å². The van der Waals surface area contributed by atoms with Crippen molar-refractivity contribution in [2.24, 2.45) is 0 Å². The highest BCUT2D eigenvalue weighted by Crippen LogP contribution is 2.18. The van der Waals surface area contributed by atoms with Gasteiger partial charge in [0.2, 0.25) is 0 Å². The molecule has 58 valence electrons. The number of hydrogen-bond acceptors (Lipinski definition) is 3. The lowest BCUT2D eigenvalue weighted by Crippen LogP contribution is -2.55. The van der Waals surface area contributed by atoms with Crippen LogP contribution >= 0.6 is 0 Å². The lowest BCUT2D eigenvalue weighted by atomic mass is 10.1. The zero-order valence-electron chi connectivity index (χ0n) is 5.99. The maximum absolute atomic E-state index is 9.00. The van der Waals surface area contributed by atoms with Crippen LogP contribution in [0.3, 0.4) is 0 Å². The van der Waals surface area contributed by atoms with Crippen molar-refractivity contribution < 1.29 is 9.84 Å². The van der Waals surface area contributed by atoms with Crippen molar-refractivity contribution in [3.63, 3.8) is 0 Å². The average Bonchev–Trinajstić information content (AvgIpc) is 2.31. The Hall–Kier alpha value is -0.120. The van der Waals surface area contributed by atoms with Crippen LogP contribution in [0, 0.1) is 0 Å². The molecule has 1 unspecified atom stereocenters. The van der Waals surface area contributed by atoms with Crippen LogP contribution in [0.25, 0.3) is 0 Å². The van der Waals surface area contributed by atoms with Crippen molar-refractivity contribution in [2.45, 2.75) is 18.6 Å². The molecule has 0 spiro atoms. The van der Waals surface area contributed by atoms with E-state index in [1.807, 2.05) is 0 Å². The van der Waals surface area contributed by atoms with Gasteiger partial charge in [0, 0.05) is 25.7 Å². The van der Waals surface area contributed by atoms with E-state index < -0.39 is 0 Å². The predicted molar refractivity (Wildman–Crippen MR) is 36.8 cm³/mol. The summed E-state index contributed by atoms with van der Waals surface area (Å²) in [5.41, 5.74) is 0. The molecule has 3 heteroatoms. The first kappa shape index (κ1) is 6.58. The first-order valence-electron chi connectivity index (χ1n) is 3.86. The van der Waals surface area contributed by atoms with Gasteiger partial charge in [-0.3, -0.25) is 4.90 Å². The summed E-state index contributed by atoms with van der Waals surface area (Å²) in [6.45, 7) is 3.48. The molecule has 0 radical (unpaired) electrons. The van der Waals surface area contributed by atoms with E-state index in [1.165, 1.54) is 0 Å². The van der Waals surface area contributed by atoms with Gasteiger partial charge in [-0.1, -0.05) is 0 Å². The molecule has 3 nitrogen and oxygen atoms in total. The van der Waals surface area contributed by atoms with E-state index in [0.717, 1.165) is 32.7 Å². The second-order valence-corrected chi connectivity index (χ2v) is 3.13. The van der Waals surface area contributed by atoms with Crippen molar-refractivity contribution in [2.75, 3.05) is 26.3 Å². The Labute approximate surface area is 60.6 Å². The van der Waals surface area contributed by atoms with Gasteiger partial charge in [-0.2, -0.15) is 0 Å². The van der Waals surface area contributed by atoms with E-state index >= 15 is 0 Å². The van der Waals surface area contributed by atoms with Crippen LogP contribution in [0.15, 0.2) is 0 Å². The molecule has 1 atom stereocenters. The van der Waals surface area contributed by atoms with Gasteiger partial charge < -0.3 is 9.84 Å². The zero-order chi connectivity index (χ0) is 6.97. The van der Waals surface area contributed by atoms with E-state index in [0.29, 0.717) is 6.04 Å². The van der Waals surface area contributed by atoms with E-state index in [-0.39, 0.29) is 6.10 Å². The maximum Gasteiger partial charge on any atom is 0.0794 e. The van der Waals surface area contributed by atoms with E-state index in [1.54, 1.807) is 0 Å². The fraction of sp³-hybridized carbons (Fsp3) is 1.00. The summed E-state index contributed by atoms with van der Waals surface area (Å²) in [6.07, 6.45) is 1.08. The molecule has 10 heavy (non-hydrogen) atoms. The summed E-state index contributed by atoms with van der Waals surface area (Å²) < 4.78 is 5.23. The average molecular weight is 143 g/mol. The Bertz CT molecular complexity index is 117. The molecule has 2 fully saturated rings. The molecule has 0 aromatic heterocycles. The van der Waals surface area contributed by atoms with Gasteiger partial charge in [0.25, 0.3) is 0 Å². The quantitative estimate of drug-likeness (QED) is 0.534. The first-order chi connectivity index (χ1) is 4.86. The molecule has 2 saturated heterocycles. The standard InChI is InChI=1S/C7H13NO2/c9-7-3-8(4-7)6-1-2-10-5-6/h6-7,9H,1-5H2. The van der Waals surface area contributed by atoms with Crippen LogP contribution < -0.4 is 0 Å². The zero-order valence-corrected chi connectivity index (χ0v) is 5.99. The molecule has 0 aliphatic carbocycles. The third-order valence-electron chi connectivity index (χ3n) is 2.31. The molecular weight excluding hydrogens is 130 g/mol. The summed E-state index contributed by atoms with van der Waals surface area (Å²) in [5.74, 6) is 0. The van der Waals surface area contributed by atoms with Gasteiger partial charge >= 0.3 is 0 Å². The largest absolute Gasteiger partial charge is 0.390 e. The van der Waals surface area contributed by atoms with Crippen molar-refractivity contribution in [3.8, 4) is 0 Å². The predicted octanol–water partition coefficient (Wildman–Crippen LogP) is -0.548. The van der Waals surface area contributed by atoms with Gasteiger partial charge in [0.1, 0.15) is 0 Å². The number of β-amino-alcohol motifs (C(OH)–C–C–N with tert-alkyl or cyclic N) is 1. The topological polar surface area (TPSA) is 32.7 Å². The third-order valence-corrected chi connectivity index (χ3v) is 2.31. The molecule has 0 bridgehead atoms. The molecule has 0 aromatic carbocycles. The van der Waals surface area contributed by atoms with Gasteiger partial charge in [-0.25, -0.2) is 0 Å². The minimum atomic E-state index is -0.0689. The molecule has 0 aromatic rings. The van der Waals surface area contributed by atoms with E-state index in [2.05, 4.69) is 4.90 Å². The van der Waals surface area contributed by atoms with Crippen LogP contribution in [-0.2, 0) is 4.74 Å². The van der Waals surface area contributed by atoms with Crippen LogP contribution in [0.4, 0.5) is 0 Å². The Morgan fingerprint density at radius 1 is 1.40 bits per heavy atom. The minimum Gasteiger partial charge on any atom is -0.390 e. The molecular formula is C7H13NO2. The van der Waals surface area contributed by atoms with Gasteiger partial charge in [-0.15, -0.1) is 0 Å². The van der Waals surface area contributed by atoms with Crippen LogP contribution in [0.2, 0.25) is 0 Å². The molecule has 2 aliphatic rings. The van der Waals surface area contributed by atoms with Crippen molar-refractivity contribution in [3.05, 3.63) is 0 Å². The highest BCUT2D eigenvalue weighted by Gasteiger charge is 2.32. The van der Waals surface area contributed by atoms with Gasteiger partial charge in [0.05, 0.1) is 12.7 Å². The normalized spacial score (nSPS) is 36.3.